The molecule has 0 fully saturated rings. The Bertz CT molecular complexity index is 520. The number of H-pyrrole nitrogens is 1. The molecule has 2 rings (SSSR count). The van der Waals surface area contributed by atoms with Gasteiger partial charge in [-0.15, -0.1) is 6.04 Å². The normalized spacial score (nSPS) is 12.1. The maximum Gasteiger partial charge on any atom is 0.0881 e. The van der Waals surface area contributed by atoms with Crippen LogP contribution in [0.4, 0.5) is 0 Å². The van der Waals surface area contributed by atoms with E-state index >= 15 is 0 Å². The fourth-order valence-electron chi connectivity index (χ4n) is 1.80. The largest absolute Gasteiger partial charge is 0.470 e. The Morgan fingerprint density at radius 1 is 1.25 bits per heavy atom. The van der Waals surface area contributed by atoms with Crippen LogP contribution in [0.25, 0.3) is 11.3 Å². The summed E-state index contributed by atoms with van der Waals surface area (Å²) >= 11 is 0. The van der Waals surface area contributed by atoms with Gasteiger partial charge in [-0.25, -0.2) is 0 Å². The number of imidazole rings is 1. The second-order valence-electron chi connectivity index (χ2n) is 5.07. The summed E-state index contributed by atoms with van der Waals surface area (Å²) in [5, 5.41) is 3.33. The summed E-state index contributed by atoms with van der Waals surface area (Å²) in [6, 6.07) is 10.6. The van der Waals surface area contributed by atoms with Crippen LogP contribution in [0.2, 0.25) is 0 Å². The number of hydrogen-bond acceptors (Lipinski definition) is 2. The molecule has 0 saturated carbocycles. The average molecular weight is 344 g/mol. The van der Waals surface area contributed by atoms with Crippen molar-refractivity contribution in [2.75, 3.05) is 0 Å². The quantitative estimate of drug-likeness (QED) is 0.816. The third-order valence-corrected chi connectivity index (χ3v) is 3.29. The zero-order valence-corrected chi connectivity index (χ0v) is 15.4. The fraction of sp³-hybridized carbons (Fsp3) is 0.312. The molecule has 0 aliphatic rings. The van der Waals surface area contributed by atoms with E-state index in [0.29, 0.717) is 6.04 Å². The minimum Gasteiger partial charge on any atom is -0.470 e. The Balaban J connectivity index is 0.00000200. The van der Waals surface area contributed by atoms with Crippen LogP contribution in [0.15, 0.2) is 30.3 Å². The van der Waals surface area contributed by atoms with Crippen LogP contribution < -0.4 is 5.32 Å². The van der Waals surface area contributed by atoms with Gasteiger partial charge in [-0.1, -0.05) is 37.3 Å². The SMILES string of the molecule is Cc1[nH]c([CH-]NC(C)[C-](C)C)nc1-c1ccccc1.[Y]. The van der Waals surface area contributed by atoms with Crippen molar-refractivity contribution in [3.05, 3.63) is 54.3 Å². The molecule has 0 bridgehead atoms. The van der Waals surface area contributed by atoms with Gasteiger partial charge in [0.25, 0.3) is 0 Å². The molecule has 1 unspecified atom stereocenters. The first-order chi connectivity index (χ1) is 9.08. The van der Waals surface area contributed by atoms with Crippen LogP contribution >= 0.6 is 0 Å². The van der Waals surface area contributed by atoms with Crippen molar-refractivity contribution in [3.63, 3.8) is 0 Å². The number of rotatable bonds is 5. The summed E-state index contributed by atoms with van der Waals surface area (Å²) in [7, 11) is 0. The first-order valence-corrected chi connectivity index (χ1v) is 6.59. The van der Waals surface area contributed by atoms with Gasteiger partial charge in [0.05, 0.1) is 5.69 Å². The van der Waals surface area contributed by atoms with Crippen LogP contribution in [0.5, 0.6) is 0 Å². The van der Waals surface area contributed by atoms with Gasteiger partial charge in [-0.05, 0) is 12.7 Å². The average Bonchev–Trinajstić information content (AvgIpc) is 2.78. The minimum atomic E-state index is 0. The molecule has 1 aromatic heterocycles. The van der Waals surface area contributed by atoms with Crippen molar-refractivity contribution in [2.24, 2.45) is 0 Å². The fourth-order valence-corrected chi connectivity index (χ4v) is 1.80. The third kappa shape index (κ3) is 4.44. The Kier molecular flexibility index (Phi) is 6.94. The molecule has 0 amide bonds. The van der Waals surface area contributed by atoms with Gasteiger partial charge in [0, 0.05) is 44.0 Å². The topological polar surface area (TPSA) is 40.7 Å². The molecule has 1 radical (unpaired) electrons. The van der Waals surface area contributed by atoms with Gasteiger partial charge < -0.3 is 16.2 Å². The van der Waals surface area contributed by atoms with Crippen LogP contribution in [0.1, 0.15) is 32.3 Å². The summed E-state index contributed by atoms with van der Waals surface area (Å²) in [4.78, 5) is 7.93. The summed E-state index contributed by atoms with van der Waals surface area (Å²) in [6.45, 7) is 10.4. The van der Waals surface area contributed by atoms with Gasteiger partial charge in [0.1, 0.15) is 0 Å². The summed E-state index contributed by atoms with van der Waals surface area (Å²) < 4.78 is 0. The molecule has 1 heterocycles. The molecule has 20 heavy (non-hydrogen) atoms. The standard InChI is InChI=1S/C16H21N3.Y/c1-11(2)12(3)17-10-15-18-13(4)16(19-15)14-8-6-5-7-9-14;/h5-10,12,17H,1-4H3,(H,18,19);/q-2;. The van der Waals surface area contributed by atoms with E-state index in [-0.39, 0.29) is 32.7 Å². The molecule has 1 atom stereocenters. The van der Waals surface area contributed by atoms with E-state index in [0.717, 1.165) is 22.8 Å². The molecule has 0 saturated heterocycles. The van der Waals surface area contributed by atoms with E-state index in [2.05, 4.69) is 48.2 Å². The number of nitrogens with zero attached hydrogens (tertiary/aromatic N) is 1. The zero-order chi connectivity index (χ0) is 13.8. The van der Waals surface area contributed by atoms with Crippen molar-refractivity contribution < 1.29 is 32.7 Å². The number of aromatic amines is 1. The Morgan fingerprint density at radius 3 is 2.50 bits per heavy atom. The predicted octanol–water partition coefficient (Wildman–Crippen LogP) is 3.48. The second kappa shape index (κ2) is 7.97. The third-order valence-electron chi connectivity index (χ3n) is 3.29. The van der Waals surface area contributed by atoms with Crippen LogP contribution in [-0.2, 0) is 32.7 Å². The first kappa shape index (κ1) is 17.4. The van der Waals surface area contributed by atoms with Crippen LogP contribution in [-0.4, -0.2) is 16.0 Å². The molecular formula is C16H21N3Y-2. The molecule has 3 nitrogen and oxygen atoms in total. The molecule has 2 aromatic rings. The van der Waals surface area contributed by atoms with Crippen molar-refractivity contribution in [1.29, 1.82) is 0 Å². The number of aromatic nitrogens is 2. The van der Waals surface area contributed by atoms with Crippen molar-refractivity contribution in [1.82, 2.24) is 15.3 Å². The van der Waals surface area contributed by atoms with E-state index in [1.165, 1.54) is 5.92 Å². The van der Waals surface area contributed by atoms with E-state index in [4.69, 9.17) is 0 Å². The smallest absolute Gasteiger partial charge is 0.0881 e. The van der Waals surface area contributed by atoms with Crippen LogP contribution in [0.3, 0.4) is 0 Å². The summed E-state index contributed by atoms with van der Waals surface area (Å²) in [5.74, 6) is 2.22. The Labute approximate surface area is 146 Å². The number of nitrogens with one attached hydrogen (secondary N) is 2. The molecule has 4 heteroatoms. The van der Waals surface area contributed by atoms with Gasteiger partial charge in [-0.3, -0.25) is 11.5 Å². The van der Waals surface area contributed by atoms with Crippen LogP contribution in [0, 0.1) is 19.4 Å². The number of hydrogen-bond donors (Lipinski definition) is 2. The van der Waals surface area contributed by atoms with Gasteiger partial charge >= 0.3 is 0 Å². The van der Waals surface area contributed by atoms with E-state index < -0.39 is 0 Å². The molecule has 0 aliphatic heterocycles. The number of aryl methyl sites for hydroxylation is 1. The molecule has 0 spiro atoms. The minimum absolute atomic E-state index is 0. The number of benzene rings is 1. The molecular weight excluding hydrogens is 323 g/mol. The molecule has 1 aromatic carbocycles. The maximum absolute atomic E-state index is 4.63. The summed E-state index contributed by atoms with van der Waals surface area (Å²) in [5.41, 5.74) is 3.24. The summed E-state index contributed by atoms with van der Waals surface area (Å²) in [6.07, 6.45) is 0. The maximum atomic E-state index is 4.63. The molecule has 0 aliphatic carbocycles. The van der Waals surface area contributed by atoms with Gasteiger partial charge in [-0.2, -0.15) is 13.8 Å². The molecule has 105 valence electrons. The van der Waals surface area contributed by atoms with E-state index in [1.807, 2.05) is 31.7 Å². The first-order valence-electron chi connectivity index (χ1n) is 6.59. The van der Waals surface area contributed by atoms with Crippen molar-refractivity contribution >= 4 is 0 Å². The second-order valence-corrected chi connectivity index (χ2v) is 5.07. The van der Waals surface area contributed by atoms with Crippen molar-refractivity contribution in [2.45, 2.75) is 33.7 Å². The van der Waals surface area contributed by atoms with Gasteiger partial charge in [0.2, 0.25) is 0 Å². The molecule has 2 N–H and O–H groups in total. The van der Waals surface area contributed by atoms with E-state index in [9.17, 15) is 0 Å². The monoisotopic (exact) mass is 344 g/mol. The predicted molar refractivity (Wildman–Crippen MR) is 79.4 cm³/mol. The van der Waals surface area contributed by atoms with E-state index in [1.54, 1.807) is 0 Å². The van der Waals surface area contributed by atoms with Gasteiger partial charge in [0.15, 0.2) is 0 Å². The Morgan fingerprint density at radius 2 is 1.90 bits per heavy atom. The van der Waals surface area contributed by atoms with Crippen molar-refractivity contribution in [3.8, 4) is 11.3 Å². The Hall–Kier alpha value is -0.636. The zero-order valence-electron chi connectivity index (χ0n) is 12.6.